The number of nitrogens with zero attached hydrogens (tertiary/aromatic N) is 1. The van der Waals surface area contributed by atoms with Crippen LogP contribution in [0.5, 0.6) is 5.88 Å². The van der Waals surface area contributed by atoms with Crippen molar-refractivity contribution in [2.75, 3.05) is 0 Å². The Labute approximate surface area is 87.1 Å². The topological polar surface area (TPSA) is 85.3 Å². The van der Waals surface area contributed by atoms with Crippen molar-refractivity contribution in [1.82, 2.24) is 4.57 Å². The summed E-state index contributed by atoms with van der Waals surface area (Å²) in [5, 5.41) is 9.75. The largest absolute Gasteiger partial charge is 0.494 e. The maximum absolute atomic E-state index is 11.5. The first-order valence-corrected chi connectivity index (χ1v) is 4.61. The molecule has 0 atom stereocenters. The van der Waals surface area contributed by atoms with Gasteiger partial charge < -0.3 is 10.8 Å². The Balaban J connectivity index is 3.64. The molecule has 0 aromatic carbocycles. The van der Waals surface area contributed by atoms with Crippen LogP contribution in [0.15, 0.2) is 10.9 Å². The first kappa shape index (κ1) is 11.3. The molecule has 0 bridgehead atoms. The SMILES string of the molecule is Cc1cc(=O)n(C(C)C)c(O)c1C(N)=O. The second-order valence-corrected chi connectivity index (χ2v) is 3.69. The van der Waals surface area contributed by atoms with Crippen molar-refractivity contribution < 1.29 is 9.90 Å². The lowest BCUT2D eigenvalue weighted by Crippen LogP contribution is -2.25. The molecule has 0 aliphatic heterocycles. The lowest BCUT2D eigenvalue weighted by Gasteiger charge is -2.15. The smallest absolute Gasteiger partial charge is 0.254 e. The van der Waals surface area contributed by atoms with Crippen LogP contribution < -0.4 is 11.3 Å². The van der Waals surface area contributed by atoms with Gasteiger partial charge in [0.25, 0.3) is 11.5 Å². The minimum Gasteiger partial charge on any atom is -0.494 e. The van der Waals surface area contributed by atoms with E-state index in [1.165, 1.54) is 6.07 Å². The van der Waals surface area contributed by atoms with Gasteiger partial charge in [0, 0.05) is 12.1 Å². The van der Waals surface area contributed by atoms with Crippen molar-refractivity contribution in [1.29, 1.82) is 0 Å². The molecule has 1 aromatic rings. The number of amides is 1. The third kappa shape index (κ3) is 1.86. The lowest BCUT2D eigenvalue weighted by molar-refractivity contribution is 0.0995. The molecule has 3 N–H and O–H groups in total. The zero-order valence-electron chi connectivity index (χ0n) is 8.94. The zero-order valence-corrected chi connectivity index (χ0v) is 8.94. The Bertz CT molecular complexity index is 460. The molecular weight excluding hydrogens is 196 g/mol. The molecule has 0 saturated heterocycles. The van der Waals surface area contributed by atoms with Crippen LogP contribution in [0.4, 0.5) is 0 Å². The van der Waals surface area contributed by atoms with Crippen molar-refractivity contribution in [2.24, 2.45) is 5.73 Å². The third-order valence-electron chi connectivity index (χ3n) is 2.19. The van der Waals surface area contributed by atoms with Gasteiger partial charge in [-0.2, -0.15) is 0 Å². The monoisotopic (exact) mass is 210 g/mol. The number of primary amides is 1. The molecule has 0 spiro atoms. The minimum atomic E-state index is -0.737. The van der Waals surface area contributed by atoms with E-state index in [1.54, 1.807) is 20.8 Å². The molecule has 1 amide bonds. The van der Waals surface area contributed by atoms with Crippen molar-refractivity contribution in [3.05, 3.63) is 27.5 Å². The summed E-state index contributed by atoms with van der Waals surface area (Å²) in [5.74, 6) is -1.10. The first-order valence-electron chi connectivity index (χ1n) is 4.61. The third-order valence-corrected chi connectivity index (χ3v) is 2.19. The summed E-state index contributed by atoms with van der Waals surface area (Å²) in [6, 6.07) is 1.07. The Kier molecular flexibility index (Phi) is 2.83. The molecule has 1 rings (SSSR count). The maximum Gasteiger partial charge on any atom is 0.254 e. The number of pyridine rings is 1. The maximum atomic E-state index is 11.5. The van der Waals surface area contributed by atoms with E-state index in [-0.39, 0.29) is 23.0 Å². The molecular formula is C10H14N2O3. The Morgan fingerprint density at radius 1 is 1.53 bits per heavy atom. The van der Waals surface area contributed by atoms with Crippen LogP contribution in [-0.4, -0.2) is 15.6 Å². The molecule has 15 heavy (non-hydrogen) atoms. The molecule has 1 aromatic heterocycles. The number of hydrogen-bond donors (Lipinski definition) is 2. The average Bonchev–Trinajstić information content (AvgIpc) is 1.99. The summed E-state index contributed by atoms with van der Waals surface area (Å²) in [5.41, 5.74) is 5.17. The quantitative estimate of drug-likeness (QED) is 0.747. The van der Waals surface area contributed by atoms with Crippen molar-refractivity contribution >= 4 is 5.91 Å². The van der Waals surface area contributed by atoms with Crippen LogP contribution in [0, 0.1) is 6.92 Å². The number of aryl methyl sites for hydroxylation is 1. The van der Waals surface area contributed by atoms with Crippen LogP contribution in [0.3, 0.4) is 0 Å². The van der Waals surface area contributed by atoms with Crippen LogP contribution in [0.1, 0.15) is 35.8 Å². The highest BCUT2D eigenvalue weighted by atomic mass is 16.3. The predicted octanol–water partition coefficient (Wildman–Crippen LogP) is 0.542. The fourth-order valence-corrected chi connectivity index (χ4v) is 1.53. The molecule has 82 valence electrons. The molecule has 0 fully saturated rings. The van der Waals surface area contributed by atoms with Gasteiger partial charge in [0.1, 0.15) is 5.56 Å². The van der Waals surface area contributed by atoms with E-state index in [2.05, 4.69) is 0 Å². The molecule has 5 nitrogen and oxygen atoms in total. The molecule has 5 heteroatoms. The van der Waals surface area contributed by atoms with Crippen molar-refractivity contribution in [3.63, 3.8) is 0 Å². The van der Waals surface area contributed by atoms with E-state index < -0.39 is 5.91 Å². The van der Waals surface area contributed by atoms with Gasteiger partial charge in [-0.3, -0.25) is 14.2 Å². The van der Waals surface area contributed by atoms with E-state index in [0.717, 1.165) is 4.57 Å². The van der Waals surface area contributed by atoms with Gasteiger partial charge in [-0.1, -0.05) is 0 Å². The van der Waals surface area contributed by atoms with Crippen LogP contribution in [0.2, 0.25) is 0 Å². The highest BCUT2D eigenvalue weighted by Crippen LogP contribution is 2.20. The molecule has 0 unspecified atom stereocenters. The Hall–Kier alpha value is -1.78. The van der Waals surface area contributed by atoms with Crippen LogP contribution in [-0.2, 0) is 0 Å². The van der Waals surface area contributed by atoms with Gasteiger partial charge in [-0.15, -0.1) is 0 Å². The van der Waals surface area contributed by atoms with Gasteiger partial charge >= 0.3 is 0 Å². The normalized spacial score (nSPS) is 10.7. The second-order valence-electron chi connectivity index (χ2n) is 3.69. The van der Waals surface area contributed by atoms with Gasteiger partial charge in [-0.05, 0) is 26.3 Å². The minimum absolute atomic E-state index is 0.00306. The van der Waals surface area contributed by atoms with Gasteiger partial charge in [-0.25, -0.2) is 0 Å². The van der Waals surface area contributed by atoms with Crippen molar-refractivity contribution in [2.45, 2.75) is 26.8 Å². The van der Waals surface area contributed by atoms with Gasteiger partial charge in [0.2, 0.25) is 5.88 Å². The number of carbonyl (C=O) groups excluding carboxylic acids is 1. The summed E-state index contributed by atoms with van der Waals surface area (Å²) in [4.78, 5) is 22.6. The summed E-state index contributed by atoms with van der Waals surface area (Å²) in [7, 11) is 0. The standard InChI is InChI=1S/C10H14N2O3/c1-5(2)12-7(13)4-6(3)8(9(11)14)10(12)15/h4-5,15H,1-3H3,(H2,11,14). The number of aromatic nitrogens is 1. The van der Waals surface area contributed by atoms with Crippen LogP contribution >= 0.6 is 0 Å². The predicted molar refractivity (Wildman–Crippen MR) is 56.0 cm³/mol. The Morgan fingerprint density at radius 3 is 2.47 bits per heavy atom. The molecule has 0 saturated carbocycles. The highest BCUT2D eigenvalue weighted by molar-refractivity contribution is 5.96. The number of hydrogen-bond acceptors (Lipinski definition) is 3. The fourth-order valence-electron chi connectivity index (χ4n) is 1.53. The van der Waals surface area contributed by atoms with E-state index >= 15 is 0 Å². The highest BCUT2D eigenvalue weighted by Gasteiger charge is 2.18. The van der Waals surface area contributed by atoms with E-state index in [0.29, 0.717) is 5.56 Å². The number of rotatable bonds is 2. The first-order chi connectivity index (χ1) is 6.86. The van der Waals surface area contributed by atoms with Crippen molar-refractivity contribution in [3.8, 4) is 5.88 Å². The number of aromatic hydroxyl groups is 1. The molecule has 0 aliphatic rings. The zero-order chi connectivity index (χ0) is 11.7. The fraction of sp³-hybridized carbons (Fsp3) is 0.400. The summed E-state index contributed by atoms with van der Waals surface area (Å²) >= 11 is 0. The molecule has 0 radical (unpaired) electrons. The Morgan fingerprint density at radius 2 is 2.07 bits per heavy atom. The van der Waals surface area contributed by atoms with Gasteiger partial charge in [0.15, 0.2) is 0 Å². The lowest BCUT2D eigenvalue weighted by atomic mass is 10.1. The van der Waals surface area contributed by atoms with E-state index in [9.17, 15) is 14.7 Å². The average molecular weight is 210 g/mol. The second kappa shape index (κ2) is 3.76. The van der Waals surface area contributed by atoms with E-state index in [4.69, 9.17) is 5.73 Å². The molecule has 0 aliphatic carbocycles. The summed E-state index contributed by atoms with van der Waals surface area (Å²) in [6.45, 7) is 5.04. The van der Waals surface area contributed by atoms with E-state index in [1.807, 2.05) is 0 Å². The summed E-state index contributed by atoms with van der Waals surface area (Å²) in [6.07, 6.45) is 0. The van der Waals surface area contributed by atoms with Gasteiger partial charge in [0.05, 0.1) is 0 Å². The number of carbonyl (C=O) groups is 1. The van der Waals surface area contributed by atoms with Crippen LogP contribution in [0.25, 0.3) is 0 Å². The molecule has 1 heterocycles. The summed E-state index contributed by atoms with van der Waals surface area (Å²) < 4.78 is 1.13. The number of nitrogens with two attached hydrogens (primary N) is 1.